The molecule has 0 atom stereocenters. The summed E-state index contributed by atoms with van der Waals surface area (Å²) in [6.07, 6.45) is 8.21. The number of para-hydroxylation sites is 1. The largest absolute Gasteiger partial charge is 0.456 e. The fourth-order valence-corrected chi connectivity index (χ4v) is 9.52. The molecule has 0 fully saturated rings. The van der Waals surface area contributed by atoms with Crippen molar-refractivity contribution in [1.29, 1.82) is 10.5 Å². The molecule has 0 aliphatic heterocycles. The SMILES string of the molecule is N#Cc1cc(-c2ccccn2)ccc1CCc1cc(CCc2ccc(-c3ccccn3)cc2C#N)cc(-c2ccccc2-c2ccc(-c3ccccn3)cc2-c2ccc3c(c2)oc2ccccc23)c1. The zero-order chi connectivity index (χ0) is 46.5. The van der Waals surface area contributed by atoms with Crippen molar-refractivity contribution >= 4 is 21.9 Å². The molecule has 7 aromatic carbocycles. The third-order valence-corrected chi connectivity index (χ3v) is 13.0. The van der Waals surface area contributed by atoms with E-state index in [0.717, 1.165) is 113 Å². The lowest BCUT2D eigenvalue weighted by atomic mass is 9.86. The maximum absolute atomic E-state index is 10.3. The summed E-state index contributed by atoms with van der Waals surface area (Å²) in [7, 11) is 0. The highest BCUT2D eigenvalue weighted by Crippen LogP contribution is 2.42. The van der Waals surface area contributed by atoms with Gasteiger partial charge in [-0.25, -0.2) is 0 Å². The van der Waals surface area contributed by atoms with Crippen LogP contribution in [0.3, 0.4) is 0 Å². The molecule has 11 rings (SSSR count). The lowest BCUT2D eigenvalue weighted by Gasteiger charge is -2.18. The Labute approximate surface area is 401 Å². The van der Waals surface area contributed by atoms with E-state index in [1.165, 1.54) is 11.1 Å². The van der Waals surface area contributed by atoms with Crippen molar-refractivity contribution in [3.63, 3.8) is 0 Å². The van der Waals surface area contributed by atoms with Gasteiger partial charge in [0.1, 0.15) is 11.2 Å². The summed E-state index contributed by atoms with van der Waals surface area (Å²) < 4.78 is 6.43. The molecule has 0 saturated heterocycles. The number of benzene rings is 7. The number of furan rings is 1. The summed E-state index contributed by atoms with van der Waals surface area (Å²) in [5.41, 5.74) is 19.3. The molecule has 0 spiro atoms. The summed E-state index contributed by atoms with van der Waals surface area (Å²) in [4.78, 5) is 13.8. The van der Waals surface area contributed by atoms with Crippen molar-refractivity contribution in [1.82, 2.24) is 15.0 Å². The maximum Gasteiger partial charge on any atom is 0.136 e. The Bertz CT molecular complexity index is 3630. The molecule has 6 heteroatoms. The molecule has 0 aliphatic rings. The van der Waals surface area contributed by atoms with Gasteiger partial charge in [0, 0.05) is 46.1 Å². The Morgan fingerprint density at radius 2 is 0.841 bits per heavy atom. The van der Waals surface area contributed by atoms with Gasteiger partial charge in [0.15, 0.2) is 0 Å². The first-order valence-electron chi connectivity index (χ1n) is 23.2. The lowest BCUT2D eigenvalue weighted by Crippen LogP contribution is -2.00. The molecule has 0 amide bonds. The zero-order valence-corrected chi connectivity index (χ0v) is 37.7. The second kappa shape index (κ2) is 18.9. The van der Waals surface area contributed by atoms with Crippen LogP contribution in [-0.2, 0) is 25.7 Å². The molecule has 0 bridgehead atoms. The van der Waals surface area contributed by atoms with Gasteiger partial charge >= 0.3 is 0 Å². The quantitative estimate of drug-likeness (QED) is 0.121. The normalized spacial score (nSPS) is 11.1. The van der Waals surface area contributed by atoms with Gasteiger partial charge in [-0.2, -0.15) is 10.5 Å². The summed E-state index contributed by atoms with van der Waals surface area (Å²) in [5.74, 6) is 0. The van der Waals surface area contributed by atoms with E-state index in [1.54, 1.807) is 12.4 Å². The molecule has 0 radical (unpaired) electrons. The van der Waals surface area contributed by atoms with Gasteiger partial charge < -0.3 is 4.42 Å². The average Bonchev–Trinajstić information content (AvgIpc) is 3.80. The first-order chi connectivity index (χ1) is 34.1. The Morgan fingerprint density at radius 1 is 0.348 bits per heavy atom. The number of aromatic nitrogens is 3. The van der Waals surface area contributed by atoms with Crippen LogP contribution in [-0.4, -0.2) is 15.0 Å². The second-order valence-electron chi connectivity index (χ2n) is 17.3. The van der Waals surface area contributed by atoms with Crippen molar-refractivity contribution in [3.05, 3.63) is 246 Å². The zero-order valence-electron chi connectivity index (χ0n) is 37.7. The predicted molar refractivity (Wildman–Crippen MR) is 277 cm³/mol. The van der Waals surface area contributed by atoms with Crippen molar-refractivity contribution in [3.8, 4) is 79.3 Å². The molecule has 11 aromatic rings. The van der Waals surface area contributed by atoms with E-state index in [1.807, 2.05) is 91.1 Å². The molecule has 6 nitrogen and oxygen atoms in total. The summed E-state index contributed by atoms with van der Waals surface area (Å²) in [6.45, 7) is 0. The van der Waals surface area contributed by atoms with Crippen LogP contribution in [0, 0.1) is 22.7 Å². The molecule has 0 N–H and O–H groups in total. The fraction of sp³-hybridized carbons (Fsp3) is 0.0635. The molecule has 0 unspecified atom stereocenters. The Hall–Kier alpha value is -9.23. The number of fused-ring (bicyclic) bond motifs is 3. The predicted octanol–water partition coefficient (Wildman–Crippen LogP) is 15.1. The number of hydrogen-bond acceptors (Lipinski definition) is 6. The van der Waals surface area contributed by atoms with Crippen LogP contribution in [0.5, 0.6) is 0 Å². The van der Waals surface area contributed by atoms with Crippen molar-refractivity contribution < 1.29 is 4.42 Å². The highest BCUT2D eigenvalue weighted by molar-refractivity contribution is 6.06. The average molecular weight is 886 g/mol. The topological polar surface area (TPSA) is 99.4 Å². The first-order valence-corrected chi connectivity index (χ1v) is 23.2. The third-order valence-electron chi connectivity index (χ3n) is 13.0. The molecule has 326 valence electrons. The van der Waals surface area contributed by atoms with Gasteiger partial charge in [0.25, 0.3) is 0 Å². The fourth-order valence-electron chi connectivity index (χ4n) is 9.52. The summed E-state index contributed by atoms with van der Waals surface area (Å²) in [6, 6.07) is 71.6. The van der Waals surface area contributed by atoms with E-state index in [0.29, 0.717) is 24.0 Å². The Morgan fingerprint density at radius 3 is 1.42 bits per heavy atom. The van der Waals surface area contributed by atoms with Gasteiger partial charge in [-0.1, -0.05) is 121 Å². The number of hydrogen-bond donors (Lipinski definition) is 0. The molecular formula is C63H43N5O. The summed E-state index contributed by atoms with van der Waals surface area (Å²) in [5, 5.41) is 22.8. The Kier molecular flexibility index (Phi) is 11.6. The maximum atomic E-state index is 10.3. The second-order valence-corrected chi connectivity index (χ2v) is 17.3. The van der Waals surface area contributed by atoms with E-state index in [-0.39, 0.29) is 0 Å². The minimum Gasteiger partial charge on any atom is -0.456 e. The highest BCUT2D eigenvalue weighted by atomic mass is 16.3. The van der Waals surface area contributed by atoms with Crippen molar-refractivity contribution in [2.75, 3.05) is 0 Å². The van der Waals surface area contributed by atoms with Gasteiger partial charge in [0.05, 0.1) is 40.3 Å². The highest BCUT2D eigenvalue weighted by Gasteiger charge is 2.18. The van der Waals surface area contributed by atoms with Gasteiger partial charge in [-0.3, -0.25) is 15.0 Å². The van der Waals surface area contributed by atoms with E-state index in [4.69, 9.17) is 9.40 Å². The smallest absolute Gasteiger partial charge is 0.136 e. The lowest BCUT2D eigenvalue weighted by molar-refractivity contribution is 0.669. The third kappa shape index (κ3) is 8.79. The van der Waals surface area contributed by atoms with E-state index in [9.17, 15) is 10.5 Å². The summed E-state index contributed by atoms with van der Waals surface area (Å²) >= 11 is 0. The van der Waals surface area contributed by atoms with Crippen LogP contribution in [0.4, 0.5) is 0 Å². The molecule has 69 heavy (non-hydrogen) atoms. The molecule has 0 aliphatic carbocycles. The minimum atomic E-state index is 0.653. The minimum absolute atomic E-state index is 0.653. The van der Waals surface area contributed by atoms with Gasteiger partial charge in [-0.05, 0) is 154 Å². The molecular weight excluding hydrogens is 843 g/mol. The van der Waals surface area contributed by atoms with Crippen LogP contribution in [0.25, 0.3) is 89.1 Å². The van der Waals surface area contributed by atoms with Crippen LogP contribution in [0.2, 0.25) is 0 Å². The van der Waals surface area contributed by atoms with Crippen LogP contribution in [0.15, 0.2) is 217 Å². The Balaban J connectivity index is 1.00. The standard InChI is InChI=1S/C63H43N5O/c64-40-51-36-47(59-14-5-8-30-66-59)24-22-44(51)20-18-42-33-43(19-21-45-23-25-48(37-52(45)41-65)60-15-6-9-31-67-60)35-50(34-42)53-11-1-2-12-54(53)55-28-27-49(61-16-7-10-32-68-61)38-58(55)46-26-29-57-56-13-3-4-17-62(56)69-63(57)39-46/h1-17,22-39H,18-21H2. The van der Waals surface area contributed by atoms with Gasteiger partial charge in [-0.15, -0.1) is 0 Å². The van der Waals surface area contributed by atoms with Crippen molar-refractivity contribution in [2.24, 2.45) is 0 Å². The molecule has 0 saturated carbocycles. The molecule has 4 aromatic heterocycles. The van der Waals surface area contributed by atoms with Crippen LogP contribution >= 0.6 is 0 Å². The number of pyridine rings is 3. The number of nitrogens with zero attached hydrogens (tertiary/aromatic N) is 5. The molecule has 4 heterocycles. The van der Waals surface area contributed by atoms with Crippen molar-refractivity contribution in [2.45, 2.75) is 25.7 Å². The number of rotatable bonds is 12. The van der Waals surface area contributed by atoms with Crippen LogP contribution < -0.4 is 0 Å². The number of aryl methyl sites for hydroxylation is 4. The number of nitriles is 2. The van der Waals surface area contributed by atoms with Crippen LogP contribution in [0.1, 0.15) is 33.4 Å². The van der Waals surface area contributed by atoms with E-state index >= 15 is 0 Å². The first kappa shape index (κ1) is 42.4. The van der Waals surface area contributed by atoms with E-state index in [2.05, 4.69) is 131 Å². The monoisotopic (exact) mass is 885 g/mol. The van der Waals surface area contributed by atoms with E-state index < -0.39 is 0 Å². The van der Waals surface area contributed by atoms with Gasteiger partial charge in [0.2, 0.25) is 0 Å².